The summed E-state index contributed by atoms with van der Waals surface area (Å²) >= 11 is 11.5. The minimum Gasteiger partial charge on any atom is -0.449 e. The Labute approximate surface area is 142 Å². The summed E-state index contributed by atoms with van der Waals surface area (Å²) < 4.78 is 18.0. The molecule has 0 saturated carbocycles. The molecule has 2 rings (SSSR count). The molecule has 2 aromatic rings. The lowest BCUT2D eigenvalue weighted by Crippen LogP contribution is -2.30. The minimum atomic E-state index is -1.06. The molecule has 1 amide bonds. The number of carbonyl (C=O) groups is 2. The highest BCUT2D eigenvalue weighted by Crippen LogP contribution is 2.19. The molecule has 0 spiro atoms. The SMILES string of the molecule is C[C@H](OC(=O)c1ccc(F)cc1Cl)C(=O)Nc1ccc(Cl)cc1. The predicted octanol–water partition coefficient (Wildman–Crippen LogP) is 4.32. The number of benzene rings is 2. The zero-order chi connectivity index (χ0) is 17.0. The number of hydrogen-bond acceptors (Lipinski definition) is 3. The van der Waals surface area contributed by atoms with Gasteiger partial charge in [0.15, 0.2) is 6.10 Å². The van der Waals surface area contributed by atoms with Crippen molar-refractivity contribution in [3.8, 4) is 0 Å². The fraction of sp³-hybridized carbons (Fsp3) is 0.125. The molecule has 7 heteroatoms. The Bertz CT molecular complexity index is 735. The first-order valence-corrected chi connectivity index (χ1v) is 7.35. The molecule has 2 aromatic carbocycles. The standard InChI is InChI=1S/C16H12Cl2FNO3/c1-9(15(21)20-12-5-2-10(17)3-6-12)23-16(22)13-7-4-11(19)8-14(13)18/h2-9H,1H3,(H,20,21)/t9-/m0/s1. The molecule has 0 saturated heterocycles. The summed E-state index contributed by atoms with van der Waals surface area (Å²) in [4.78, 5) is 24.0. The largest absolute Gasteiger partial charge is 0.449 e. The summed E-state index contributed by atoms with van der Waals surface area (Å²) in [5.41, 5.74) is 0.501. The van der Waals surface area contributed by atoms with Crippen molar-refractivity contribution in [3.05, 3.63) is 63.9 Å². The Hall–Kier alpha value is -2.11. The van der Waals surface area contributed by atoms with E-state index in [1.807, 2.05) is 0 Å². The molecule has 23 heavy (non-hydrogen) atoms. The Morgan fingerprint density at radius 2 is 1.78 bits per heavy atom. The molecule has 0 heterocycles. The van der Waals surface area contributed by atoms with E-state index in [-0.39, 0.29) is 10.6 Å². The van der Waals surface area contributed by atoms with E-state index in [0.29, 0.717) is 10.7 Å². The molecule has 0 aromatic heterocycles. The second-order valence-corrected chi connectivity index (χ2v) is 5.51. The number of rotatable bonds is 4. The summed E-state index contributed by atoms with van der Waals surface area (Å²) in [6.45, 7) is 1.42. The molecule has 0 aliphatic heterocycles. The van der Waals surface area contributed by atoms with E-state index in [0.717, 1.165) is 12.1 Å². The molecule has 120 valence electrons. The molecule has 0 fully saturated rings. The van der Waals surface area contributed by atoms with Crippen molar-refractivity contribution >= 4 is 40.8 Å². The van der Waals surface area contributed by atoms with Gasteiger partial charge in [0.25, 0.3) is 5.91 Å². The molecule has 4 nitrogen and oxygen atoms in total. The third-order valence-electron chi connectivity index (χ3n) is 2.92. The maximum atomic E-state index is 13.0. The van der Waals surface area contributed by atoms with E-state index in [1.54, 1.807) is 24.3 Å². The molecule has 1 atom stereocenters. The average molecular weight is 356 g/mol. The average Bonchev–Trinajstić information content (AvgIpc) is 2.49. The number of halogens is 3. The second kappa shape index (κ2) is 7.44. The van der Waals surface area contributed by atoms with Gasteiger partial charge in [0.05, 0.1) is 10.6 Å². The quantitative estimate of drug-likeness (QED) is 0.831. The third-order valence-corrected chi connectivity index (χ3v) is 3.48. The van der Waals surface area contributed by atoms with E-state index >= 15 is 0 Å². The lowest BCUT2D eigenvalue weighted by molar-refractivity contribution is -0.123. The zero-order valence-corrected chi connectivity index (χ0v) is 13.5. The monoisotopic (exact) mass is 355 g/mol. The van der Waals surface area contributed by atoms with Crippen LogP contribution in [0.2, 0.25) is 10.0 Å². The number of amides is 1. The zero-order valence-electron chi connectivity index (χ0n) is 12.0. The Kier molecular flexibility index (Phi) is 5.58. The molecular weight excluding hydrogens is 344 g/mol. The number of anilines is 1. The smallest absolute Gasteiger partial charge is 0.340 e. The Balaban J connectivity index is 2.00. The van der Waals surface area contributed by atoms with E-state index in [1.165, 1.54) is 13.0 Å². The first-order valence-electron chi connectivity index (χ1n) is 6.59. The van der Waals surface area contributed by atoms with Gasteiger partial charge >= 0.3 is 5.97 Å². The molecule has 0 bridgehead atoms. The fourth-order valence-electron chi connectivity index (χ4n) is 1.71. The maximum absolute atomic E-state index is 13.0. The van der Waals surface area contributed by atoms with E-state index in [9.17, 15) is 14.0 Å². The number of nitrogens with one attached hydrogen (secondary N) is 1. The van der Waals surface area contributed by atoms with Gasteiger partial charge in [0.1, 0.15) is 5.82 Å². The molecule has 0 aliphatic rings. The molecule has 0 unspecified atom stereocenters. The van der Waals surface area contributed by atoms with Gasteiger partial charge in [-0.1, -0.05) is 23.2 Å². The molecule has 1 N–H and O–H groups in total. The van der Waals surface area contributed by atoms with Crippen molar-refractivity contribution in [1.82, 2.24) is 0 Å². The lowest BCUT2D eigenvalue weighted by Gasteiger charge is -2.14. The van der Waals surface area contributed by atoms with Crippen LogP contribution in [0.5, 0.6) is 0 Å². The van der Waals surface area contributed by atoms with Crippen molar-refractivity contribution in [1.29, 1.82) is 0 Å². The van der Waals surface area contributed by atoms with Crippen LogP contribution in [0.1, 0.15) is 17.3 Å². The van der Waals surface area contributed by atoms with Crippen LogP contribution in [0.4, 0.5) is 10.1 Å². The van der Waals surface area contributed by atoms with Gasteiger partial charge in [-0.3, -0.25) is 4.79 Å². The van der Waals surface area contributed by atoms with Crippen LogP contribution in [-0.2, 0) is 9.53 Å². The number of hydrogen-bond donors (Lipinski definition) is 1. The lowest BCUT2D eigenvalue weighted by atomic mass is 10.2. The summed E-state index contributed by atoms with van der Waals surface area (Å²) in [5.74, 6) is -1.90. The minimum absolute atomic E-state index is 0.0146. The van der Waals surface area contributed by atoms with Gasteiger partial charge < -0.3 is 10.1 Å². The van der Waals surface area contributed by atoms with Crippen molar-refractivity contribution in [2.75, 3.05) is 5.32 Å². The van der Waals surface area contributed by atoms with Crippen LogP contribution in [0.3, 0.4) is 0 Å². The molecular formula is C16H12Cl2FNO3. The van der Waals surface area contributed by atoms with Gasteiger partial charge in [0.2, 0.25) is 0 Å². The topological polar surface area (TPSA) is 55.4 Å². The summed E-state index contributed by atoms with van der Waals surface area (Å²) in [6.07, 6.45) is -1.06. The van der Waals surface area contributed by atoms with Gasteiger partial charge in [-0.15, -0.1) is 0 Å². The first kappa shape index (κ1) is 17.2. The number of esters is 1. The van der Waals surface area contributed by atoms with Crippen LogP contribution < -0.4 is 5.32 Å². The van der Waals surface area contributed by atoms with Crippen LogP contribution in [0.25, 0.3) is 0 Å². The van der Waals surface area contributed by atoms with Crippen LogP contribution in [-0.4, -0.2) is 18.0 Å². The summed E-state index contributed by atoms with van der Waals surface area (Å²) in [6, 6.07) is 9.75. The summed E-state index contributed by atoms with van der Waals surface area (Å²) in [7, 11) is 0. The van der Waals surface area contributed by atoms with Crippen LogP contribution >= 0.6 is 23.2 Å². The number of ether oxygens (including phenoxy) is 1. The number of carbonyl (C=O) groups excluding carboxylic acids is 2. The fourth-order valence-corrected chi connectivity index (χ4v) is 2.08. The Morgan fingerprint density at radius 3 is 2.39 bits per heavy atom. The highest BCUT2D eigenvalue weighted by atomic mass is 35.5. The normalized spacial score (nSPS) is 11.7. The maximum Gasteiger partial charge on any atom is 0.340 e. The van der Waals surface area contributed by atoms with E-state index in [4.69, 9.17) is 27.9 Å². The van der Waals surface area contributed by atoms with Crippen molar-refractivity contribution in [2.45, 2.75) is 13.0 Å². The van der Waals surface area contributed by atoms with Gasteiger partial charge in [-0.05, 0) is 49.4 Å². The highest BCUT2D eigenvalue weighted by molar-refractivity contribution is 6.33. The predicted molar refractivity (Wildman–Crippen MR) is 86.4 cm³/mol. The van der Waals surface area contributed by atoms with Crippen LogP contribution in [0.15, 0.2) is 42.5 Å². The van der Waals surface area contributed by atoms with Gasteiger partial charge in [-0.2, -0.15) is 0 Å². The van der Waals surface area contributed by atoms with Crippen molar-refractivity contribution in [3.63, 3.8) is 0 Å². The van der Waals surface area contributed by atoms with Crippen LogP contribution in [0, 0.1) is 5.82 Å². The Morgan fingerprint density at radius 1 is 1.13 bits per heavy atom. The van der Waals surface area contributed by atoms with Gasteiger partial charge in [-0.25, -0.2) is 9.18 Å². The highest BCUT2D eigenvalue weighted by Gasteiger charge is 2.20. The first-order chi connectivity index (χ1) is 10.9. The second-order valence-electron chi connectivity index (χ2n) is 4.67. The molecule has 0 radical (unpaired) electrons. The van der Waals surface area contributed by atoms with E-state index < -0.39 is 23.8 Å². The molecule has 0 aliphatic carbocycles. The van der Waals surface area contributed by atoms with Crippen molar-refractivity contribution in [2.24, 2.45) is 0 Å². The van der Waals surface area contributed by atoms with E-state index in [2.05, 4.69) is 5.32 Å². The van der Waals surface area contributed by atoms with Gasteiger partial charge in [0, 0.05) is 10.7 Å². The van der Waals surface area contributed by atoms with Crippen molar-refractivity contribution < 1.29 is 18.7 Å². The summed E-state index contributed by atoms with van der Waals surface area (Å²) in [5, 5.41) is 3.03. The third kappa shape index (κ3) is 4.68.